The SMILES string of the molecule is C=C/C(=N\N=C(/C)N1CCNCC1)c1ccc(-n2ccc(=C(C)C)/c2=C\C=C(C)C)cc1O.CCC. The summed E-state index contributed by atoms with van der Waals surface area (Å²) in [6.45, 7) is 22.2. The van der Waals surface area contributed by atoms with Gasteiger partial charge in [0.2, 0.25) is 0 Å². The molecule has 1 saturated heterocycles. The predicted octanol–water partition coefficient (Wildman–Crippen LogP) is 4.75. The van der Waals surface area contributed by atoms with Gasteiger partial charge in [-0.25, -0.2) is 0 Å². The number of piperazine rings is 1. The quantitative estimate of drug-likeness (QED) is 0.362. The standard InChI is InChI=1S/C27H35N5O.C3H8/c1-7-25(30-29-21(6)31-16-13-28-14-17-31)24-10-9-22(18-27(24)33)32-15-12-23(20(4)5)26(32)11-8-19(2)3;1-3-2/h7-12,15,18,28,33H,1,13-14,16-17H2,2-6H3;3H2,1-2H3/b26-11+,29-21+,30-25+;. The second-order valence-corrected chi connectivity index (χ2v) is 9.38. The van der Waals surface area contributed by atoms with E-state index in [2.05, 4.69) is 91.3 Å². The second-order valence-electron chi connectivity index (χ2n) is 9.38. The number of hydrogen-bond donors (Lipinski definition) is 2. The number of benzene rings is 1. The van der Waals surface area contributed by atoms with Crippen molar-refractivity contribution in [2.24, 2.45) is 10.2 Å². The minimum Gasteiger partial charge on any atom is -0.507 e. The van der Waals surface area contributed by atoms with Crippen LogP contribution in [0.3, 0.4) is 0 Å². The van der Waals surface area contributed by atoms with Gasteiger partial charge in [-0.2, -0.15) is 0 Å². The van der Waals surface area contributed by atoms with Gasteiger partial charge in [0.1, 0.15) is 11.6 Å². The zero-order valence-corrected chi connectivity index (χ0v) is 23.1. The van der Waals surface area contributed by atoms with Gasteiger partial charge in [0.15, 0.2) is 0 Å². The molecule has 0 aliphatic carbocycles. The maximum absolute atomic E-state index is 10.9. The third-order valence-electron chi connectivity index (χ3n) is 5.64. The number of rotatable bonds is 5. The van der Waals surface area contributed by atoms with Gasteiger partial charge in [-0.15, -0.1) is 10.2 Å². The minimum atomic E-state index is 0.141. The summed E-state index contributed by atoms with van der Waals surface area (Å²) in [7, 11) is 0. The summed E-state index contributed by atoms with van der Waals surface area (Å²) in [5.74, 6) is 0.999. The molecule has 0 unspecified atom stereocenters. The Hall–Kier alpha value is -3.38. The highest BCUT2D eigenvalue weighted by molar-refractivity contribution is 6.10. The van der Waals surface area contributed by atoms with Crippen LogP contribution < -0.4 is 15.9 Å². The first-order valence-corrected chi connectivity index (χ1v) is 12.8. The van der Waals surface area contributed by atoms with Gasteiger partial charge >= 0.3 is 0 Å². The third kappa shape index (κ3) is 7.82. The molecule has 0 spiro atoms. The molecule has 2 heterocycles. The van der Waals surface area contributed by atoms with Gasteiger partial charge in [0.25, 0.3) is 0 Å². The molecule has 6 heteroatoms. The van der Waals surface area contributed by atoms with Gasteiger partial charge < -0.3 is 19.9 Å². The zero-order chi connectivity index (χ0) is 26.7. The number of phenols is 1. The number of nitrogens with zero attached hydrogens (tertiary/aromatic N) is 4. The van der Waals surface area contributed by atoms with Crippen LogP contribution in [0.25, 0.3) is 17.3 Å². The zero-order valence-electron chi connectivity index (χ0n) is 23.1. The van der Waals surface area contributed by atoms with Gasteiger partial charge in [-0.05, 0) is 70.2 Å². The summed E-state index contributed by atoms with van der Waals surface area (Å²) in [4.78, 5) is 2.20. The van der Waals surface area contributed by atoms with Crippen LogP contribution in [-0.2, 0) is 0 Å². The number of amidine groups is 1. The first kappa shape index (κ1) is 28.9. The van der Waals surface area contributed by atoms with Gasteiger partial charge in [0, 0.05) is 49.7 Å². The highest BCUT2D eigenvalue weighted by atomic mass is 16.3. The molecule has 0 radical (unpaired) electrons. The van der Waals surface area contributed by atoms with Crippen molar-refractivity contribution in [2.45, 2.75) is 54.9 Å². The van der Waals surface area contributed by atoms with Crippen LogP contribution in [0.2, 0.25) is 0 Å². The molecule has 2 aromatic rings. The Bertz CT molecular complexity index is 1230. The van der Waals surface area contributed by atoms with Crippen molar-refractivity contribution in [3.8, 4) is 11.4 Å². The molecule has 2 N–H and O–H groups in total. The van der Waals surface area contributed by atoms with Crippen molar-refractivity contribution in [1.82, 2.24) is 14.8 Å². The van der Waals surface area contributed by atoms with Crippen molar-refractivity contribution >= 4 is 23.2 Å². The van der Waals surface area contributed by atoms with Crippen molar-refractivity contribution in [3.05, 3.63) is 70.9 Å². The van der Waals surface area contributed by atoms with E-state index < -0.39 is 0 Å². The average Bonchev–Trinajstić information content (AvgIpc) is 3.29. The van der Waals surface area contributed by atoms with E-state index in [9.17, 15) is 5.11 Å². The molecule has 1 aliphatic heterocycles. The molecule has 0 atom stereocenters. The largest absolute Gasteiger partial charge is 0.507 e. The Kier molecular flexibility index (Phi) is 11.4. The topological polar surface area (TPSA) is 65.2 Å². The molecule has 0 amide bonds. The van der Waals surface area contributed by atoms with E-state index in [0.717, 1.165) is 43.1 Å². The van der Waals surface area contributed by atoms with E-state index in [4.69, 9.17) is 0 Å². The fourth-order valence-corrected chi connectivity index (χ4v) is 3.78. The molecule has 36 heavy (non-hydrogen) atoms. The van der Waals surface area contributed by atoms with E-state index in [1.54, 1.807) is 12.1 Å². The molecular weight excluding hydrogens is 446 g/mol. The van der Waals surface area contributed by atoms with E-state index in [1.165, 1.54) is 22.8 Å². The lowest BCUT2D eigenvalue weighted by Gasteiger charge is -2.28. The van der Waals surface area contributed by atoms with Crippen LogP contribution in [0.5, 0.6) is 5.75 Å². The van der Waals surface area contributed by atoms with Crippen LogP contribution in [0, 0.1) is 0 Å². The van der Waals surface area contributed by atoms with Crippen molar-refractivity contribution < 1.29 is 5.11 Å². The Labute approximate surface area is 216 Å². The number of hydrogen-bond acceptors (Lipinski definition) is 4. The predicted molar refractivity (Wildman–Crippen MR) is 156 cm³/mol. The maximum Gasteiger partial charge on any atom is 0.127 e. The first-order chi connectivity index (χ1) is 17.2. The summed E-state index contributed by atoms with van der Waals surface area (Å²) in [5, 5.41) is 25.2. The molecule has 0 saturated carbocycles. The Balaban J connectivity index is 0.00000145. The van der Waals surface area contributed by atoms with E-state index in [0.29, 0.717) is 11.3 Å². The highest BCUT2D eigenvalue weighted by Crippen LogP contribution is 2.22. The van der Waals surface area contributed by atoms with Crippen LogP contribution in [0.4, 0.5) is 0 Å². The second kappa shape index (κ2) is 14.2. The summed E-state index contributed by atoms with van der Waals surface area (Å²) < 4.78 is 2.09. The fraction of sp³-hybridized carbons (Fsp3) is 0.400. The lowest BCUT2D eigenvalue weighted by molar-refractivity contribution is 0.355. The van der Waals surface area contributed by atoms with E-state index in [-0.39, 0.29) is 5.75 Å². The van der Waals surface area contributed by atoms with Crippen molar-refractivity contribution in [3.63, 3.8) is 0 Å². The van der Waals surface area contributed by atoms with Crippen LogP contribution in [0.1, 0.15) is 60.5 Å². The lowest BCUT2D eigenvalue weighted by Crippen LogP contribution is -2.45. The fourth-order valence-electron chi connectivity index (χ4n) is 3.78. The Morgan fingerprint density at radius 2 is 1.72 bits per heavy atom. The normalized spacial score (nSPS) is 14.8. The van der Waals surface area contributed by atoms with Crippen molar-refractivity contribution in [1.29, 1.82) is 0 Å². The Morgan fingerprint density at radius 1 is 1.06 bits per heavy atom. The molecule has 1 aromatic carbocycles. The molecule has 1 aliphatic rings. The van der Waals surface area contributed by atoms with Crippen LogP contribution >= 0.6 is 0 Å². The lowest BCUT2D eigenvalue weighted by atomic mass is 10.1. The third-order valence-corrected chi connectivity index (χ3v) is 5.64. The van der Waals surface area contributed by atoms with E-state index >= 15 is 0 Å². The van der Waals surface area contributed by atoms with Crippen molar-refractivity contribution in [2.75, 3.05) is 26.2 Å². The minimum absolute atomic E-state index is 0.141. The summed E-state index contributed by atoms with van der Waals surface area (Å²) in [5.41, 5.74) is 4.48. The maximum atomic E-state index is 10.9. The molecule has 1 aromatic heterocycles. The number of allylic oxidation sites excluding steroid dienone is 3. The smallest absolute Gasteiger partial charge is 0.127 e. The molecule has 6 nitrogen and oxygen atoms in total. The number of aromatic hydroxyl groups is 1. The summed E-state index contributed by atoms with van der Waals surface area (Å²) in [6, 6.07) is 7.72. The molecule has 0 bridgehead atoms. The molecule has 1 fully saturated rings. The highest BCUT2D eigenvalue weighted by Gasteiger charge is 2.12. The first-order valence-electron chi connectivity index (χ1n) is 12.8. The monoisotopic (exact) mass is 489 g/mol. The molecule has 3 rings (SSSR count). The van der Waals surface area contributed by atoms with E-state index in [1.807, 2.05) is 25.3 Å². The number of phenolic OH excluding ortho intramolecular Hbond substituents is 1. The van der Waals surface area contributed by atoms with Gasteiger partial charge in [-0.3, -0.25) is 0 Å². The summed E-state index contributed by atoms with van der Waals surface area (Å²) in [6.07, 6.45) is 9.13. The van der Waals surface area contributed by atoms with Gasteiger partial charge in [0.05, 0.1) is 11.1 Å². The van der Waals surface area contributed by atoms with Crippen LogP contribution in [-0.4, -0.2) is 52.3 Å². The number of aromatic nitrogens is 1. The number of nitrogens with one attached hydrogen (secondary N) is 1. The van der Waals surface area contributed by atoms with Crippen LogP contribution in [0.15, 0.2) is 65.0 Å². The Morgan fingerprint density at radius 3 is 2.28 bits per heavy atom. The molecular formula is C30H43N5O. The van der Waals surface area contributed by atoms with Gasteiger partial charge in [-0.1, -0.05) is 44.1 Å². The average molecular weight is 490 g/mol. The molecule has 194 valence electrons. The summed E-state index contributed by atoms with van der Waals surface area (Å²) >= 11 is 0.